The maximum absolute atomic E-state index is 3.82. The van der Waals surface area contributed by atoms with Crippen LogP contribution in [0.1, 0.15) is 6.92 Å². The normalized spacial score (nSPS) is 5.25. The summed E-state index contributed by atoms with van der Waals surface area (Å²) in [7, 11) is 1.73. The van der Waals surface area contributed by atoms with Crippen molar-refractivity contribution >= 4 is 13.3 Å². The Bertz CT molecular complexity index is 137. The molecule has 8 heavy (non-hydrogen) atoms. The fourth-order valence-electron chi connectivity index (χ4n) is 0.268. The summed E-state index contributed by atoms with van der Waals surface area (Å²) in [6, 6.07) is 0. The maximum atomic E-state index is 3.82. The molecule has 1 nitrogen and oxygen atoms in total. The van der Waals surface area contributed by atoms with E-state index in [0.717, 1.165) is 0 Å². The third-order valence-corrected chi connectivity index (χ3v) is 0.573. The van der Waals surface area contributed by atoms with Crippen molar-refractivity contribution in [2.75, 3.05) is 0 Å². The van der Waals surface area contributed by atoms with Crippen molar-refractivity contribution < 1.29 is 0 Å². The van der Waals surface area contributed by atoms with Crippen molar-refractivity contribution in [2.45, 2.75) is 13.7 Å². The summed E-state index contributed by atoms with van der Waals surface area (Å²) in [6.07, 6.45) is 5.29. The first-order valence-corrected chi connectivity index (χ1v) is 2.58. The Morgan fingerprint density at radius 3 is 2.88 bits per heavy atom. The summed E-state index contributed by atoms with van der Waals surface area (Å²) < 4.78 is 3.82. The molecule has 2 heteroatoms. The average Bonchev–Trinajstić information content (AvgIpc) is 1.81. The number of rotatable bonds is 1. The number of hydrogen-bond donors (Lipinski definition) is 0. The molecule has 0 aliphatic rings. The van der Waals surface area contributed by atoms with Crippen molar-refractivity contribution in [2.24, 2.45) is 0 Å². The molecule has 0 amide bonds. The van der Waals surface area contributed by atoms with Crippen LogP contribution in [0, 0.1) is 0 Å². The summed E-state index contributed by atoms with van der Waals surface area (Å²) in [5, 5.41) is 0. The molecule has 0 rings (SSSR count). The molecular weight excluding hydrogens is 96.9 g/mol. The van der Waals surface area contributed by atoms with E-state index < -0.39 is 0 Å². The minimum atomic E-state index is 1.69. The van der Waals surface area contributed by atoms with Crippen molar-refractivity contribution in [1.29, 1.82) is 0 Å². The van der Waals surface area contributed by atoms with Gasteiger partial charge in [0, 0.05) is 0 Å². The molecule has 0 aliphatic heterocycles. The van der Waals surface area contributed by atoms with Crippen LogP contribution in [0.5, 0.6) is 0 Å². The van der Waals surface area contributed by atoms with E-state index in [1.807, 2.05) is 19.8 Å². The van der Waals surface area contributed by atoms with Crippen LogP contribution in [-0.4, -0.2) is 13.3 Å². The second-order valence-corrected chi connectivity index (χ2v) is 1.18. The van der Waals surface area contributed by atoms with Gasteiger partial charge in [-0.3, -0.25) is 0 Å². The molecule has 0 unspecified atom stereocenters. The zero-order valence-electron chi connectivity index (χ0n) is 5.26. The summed E-state index contributed by atoms with van der Waals surface area (Å²) in [4.78, 5) is 0. The topological polar surface area (TPSA) is 14.1 Å². The first-order valence-electron chi connectivity index (χ1n) is 2.58. The second kappa shape index (κ2) is 6.16. The molecule has 0 atom stereocenters. The van der Waals surface area contributed by atoms with Gasteiger partial charge in [-0.2, -0.15) is 0 Å². The average molecular weight is 106 g/mol. The van der Waals surface area contributed by atoms with E-state index in [2.05, 4.69) is 10.3 Å². The van der Waals surface area contributed by atoms with Crippen LogP contribution in [0.15, 0.2) is 17.9 Å². The van der Waals surface area contributed by atoms with Crippen LogP contribution < -0.4 is 4.57 Å². The molecule has 0 heterocycles. The van der Waals surface area contributed by atoms with E-state index in [9.17, 15) is 0 Å². The molecule has 0 spiro atoms. The zero-order valence-corrected chi connectivity index (χ0v) is 5.26. The fraction of sp³-hybridized carbons (Fsp3) is 0.333. The zero-order chi connectivity index (χ0) is 6.24. The summed E-state index contributed by atoms with van der Waals surface area (Å²) in [5.74, 6) is 0. The molecule has 0 fully saturated rings. The molecular formula is C6H9BN+. The second-order valence-electron chi connectivity index (χ2n) is 1.18. The molecule has 40 valence electrons. The monoisotopic (exact) mass is 106 g/mol. The standard InChI is InChI=1S/C6H9BN/c1-3-4-5-6-8-7-2/h3,5-6H,1-2H3/q+1. The fourth-order valence-corrected chi connectivity index (χ4v) is 0.268. The SMILES string of the molecule is CB=[N+]=CC=C=CC. The van der Waals surface area contributed by atoms with Crippen molar-refractivity contribution in [3.63, 3.8) is 0 Å². The summed E-state index contributed by atoms with van der Waals surface area (Å²) >= 11 is 0. The molecule has 0 aromatic carbocycles. The molecule has 0 N–H and O–H groups in total. The van der Waals surface area contributed by atoms with E-state index in [4.69, 9.17) is 0 Å². The van der Waals surface area contributed by atoms with Gasteiger partial charge < -0.3 is 0 Å². The van der Waals surface area contributed by atoms with E-state index >= 15 is 0 Å². The van der Waals surface area contributed by atoms with E-state index in [0.29, 0.717) is 0 Å². The molecule has 0 aromatic rings. The van der Waals surface area contributed by atoms with Gasteiger partial charge in [-0.1, -0.05) is 0 Å². The van der Waals surface area contributed by atoms with E-state index in [-0.39, 0.29) is 0 Å². The Morgan fingerprint density at radius 1 is 1.62 bits per heavy atom. The van der Waals surface area contributed by atoms with Crippen LogP contribution in [0.4, 0.5) is 0 Å². The quantitative estimate of drug-likeness (QED) is 0.203. The first-order chi connectivity index (χ1) is 3.91. The van der Waals surface area contributed by atoms with Crippen LogP contribution in [-0.2, 0) is 0 Å². The number of allylic oxidation sites excluding steroid dienone is 1. The van der Waals surface area contributed by atoms with Gasteiger partial charge in [-0.05, 0) is 0 Å². The molecule has 0 aliphatic carbocycles. The Kier molecular flexibility index (Phi) is 5.52. The van der Waals surface area contributed by atoms with Gasteiger partial charge in [-0.15, -0.1) is 0 Å². The molecule has 0 saturated carbocycles. The molecule has 0 bridgehead atoms. The van der Waals surface area contributed by atoms with E-state index in [1.165, 1.54) is 0 Å². The van der Waals surface area contributed by atoms with Crippen molar-refractivity contribution in [3.05, 3.63) is 17.9 Å². The molecule has 0 aromatic heterocycles. The van der Waals surface area contributed by atoms with Crippen LogP contribution in [0.2, 0.25) is 6.82 Å². The third kappa shape index (κ3) is 5.16. The van der Waals surface area contributed by atoms with Gasteiger partial charge in [-0.25, -0.2) is 0 Å². The molecule has 0 radical (unpaired) electrons. The first kappa shape index (κ1) is 7.16. The summed E-state index contributed by atoms with van der Waals surface area (Å²) in [6.45, 7) is 3.79. The van der Waals surface area contributed by atoms with Crippen LogP contribution in [0.3, 0.4) is 0 Å². The van der Waals surface area contributed by atoms with Crippen molar-refractivity contribution in [3.8, 4) is 0 Å². The predicted octanol–water partition coefficient (Wildman–Crippen LogP) is 0.791. The van der Waals surface area contributed by atoms with Gasteiger partial charge in [0.25, 0.3) is 0 Å². The Labute approximate surface area is 50.4 Å². The van der Waals surface area contributed by atoms with Gasteiger partial charge in [0.05, 0.1) is 0 Å². The molecule has 0 saturated heterocycles. The minimum absolute atomic E-state index is 1.69. The van der Waals surface area contributed by atoms with Crippen LogP contribution in [0.25, 0.3) is 0 Å². The number of hydrogen-bond acceptors (Lipinski definition) is 0. The predicted molar refractivity (Wildman–Crippen MR) is 38.1 cm³/mol. The van der Waals surface area contributed by atoms with Gasteiger partial charge >= 0.3 is 49.5 Å². The summed E-state index contributed by atoms with van der Waals surface area (Å²) in [5.41, 5.74) is 2.86. The Hall–Kier alpha value is -0.835. The Morgan fingerprint density at radius 2 is 2.38 bits per heavy atom. The van der Waals surface area contributed by atoms with Gasteiger partial charge in [0.15, 0.2) is 0 Å². The third-order valence-electron chi connectivity index (χ3n) is 0.573. The Balaban J connectivity index is 3.77. The van der Waals surface area contributed by atoms with E-state index in [1.54, 1.807) is 19.4 Å². The van der Waals surface area contributed by atoms with Crippen molar-refractivity contribution in [1.82, 2.24) is 4.57 Å². The van der Waals surface area contributed by atoms with Gasteiger partial charge in [0.2, 0.25) is 0 Å². The number of nitrogens with zero attached hydrogens (tertiary/aromatic N) is 1. The van der Waals surface area contributed by atoms with Crippen LogP contribution >= 0.6 is 0 Å². The van der Waals surface area contributed by atoms with Gasteiger partial charge in [0.1, 0.15) is 0 Å².